The molecule has 208 valence electrons. The Morgan fingerprint density at radius 2 is 0.878 bits per heavy atom. The third-order valence-corrected chi connectivity index (χ3v) is 9.45. The summed E-state index contributed by atoms with van der Waals surface area (Å²) in [6, 6.07) is 24.2. The van der Waals surface area contributed by atoms with Gasteiger partial charge in [-0.25, -0.2) is 4.79 Å². The number of rotatable bonds is 14. The van der Waals surface area contributed by atoms with Crippen molar-refractivity contribution in [3.63, 3.8) is 0 Å². The summed E-state index contributed by atoms with van der Waals surface area (Å²) in [4.78, 5) is 13.5. The Morgan fingerprint density at radius 1 is 0.488 bits per heavy atom. The quantitative estimate of drug-likeness (QED) is 0.0593. The molecule has 0 saturated heterocycles. The highest BCUT2D eigenvalue weighted by Gasteiger charge is 2.23. The van der Waals surface area contributed by atoms with E-state index in [9.17, 15) is 4.79 Å². The van der Waals surface area contributed by atoms with Crippen LogP contribution in [0.25, 0.3) is 64.6 Å². The summed E-state index contributed by atoms with van der Waals surface area (Å²) in [6.45, 7) is 2.77. The molecule has 41 heavy (non-hydrogen) atoms. The van der Waals surface area contributed by atoms with Gasteiger partial charge in [0.25, 0.3) is 0 Å². The van der Waals surface area contributed by atoms with E-state index in [0.29, 0.717) is 12.2 Å². The van der Waals surface area contributed by atoms with Gasteiger partial charge in [-0.15, -0.1) is 0 Å². The molecule has 0 unspecified atom stereocenters. The Morgan fingerprint density at radius 3 is 1.39 bits per heavy atom. The normalized spacial score (nSPS) is 12.4. The largest absolute Gasteiger partial charge is 0.462 e. The average Bonchev–Trinajstić information content (AvgIpc) is 3.01. The highest BCUT2D eigenvalue weighted by atomic mass is 16.5. The molecule has 7 rings (SSSR count). The standard InChI is InChI=1S/C39H40O2/c1-2-3-4-5-6-7-8-9-10-11-12-13-24-41-39(40)32-25-30-21-20-28-17-15-26-14-16-27-18-19-29-22-23-31(32)38-36(29)34(27)33(26)35(28)37(30)38/h14-23,25H,2-13,24H2,1H3. The summed E-state index contributed by atoms with van der Waals surface area (Å²) in [5, 5.41) is 14.9. The van der Waals surface area contributed by atoms with E-state index in [2.05, 4.69) is 73.7 Å². The van der Waals surface area contributed by atoms with Crippen molar-refractivity contribution in [1.29, 1.82) is 0 Å². The minimum absolute atomic E-state index is 0.196. The first kappa shape index (κ1) is 26.3. The summed E-state index contributed by atoms with van der Waals surface area (Å²) < 4.78 is 5.89. The lowest BCUT2D eigenvalue weighted by atomic mass is 9.82. The molecule has 0 aliphatic rings. The summed E-state index contributed by atoms with van der Waals surface area (Å²) >= 11 is 0. The monoisotopic (exact) mass is 540 g/mol. The molecule has 2 nitrogen and oxygen atoms in total. The Hall–Kier alpha value is -3.65. The van der Waals surface area contributed by atoms with Gasteiger partial charge in [-0.3, -0.25) is 0 Å². The smallest absolute Gasteiger partial charge is 0.338 e. The van der Waals surface area contributed by atoms with Crippen LogP contribution < -0.4 is 0 Å². The molecule has 0 aliphatic heterocycles. The molecule has 0 atom stereocenters. The number of hydrogen-bond donors (Lipinski definition) is 0. The molecule has 0 spiro atoms. The van der Waals surface area contributed by atoms with Gasteiger partial charge in [-0.05, 0) is 77.1 Å². The van der Waals surface area contributed by atoms with Crippen molar-refractivity contribution in [1.82, 2.24) is 0 Å². The topological polar surface area (TPSA) is 26.3 Å². The van der Waals surface area contributed by atoms with Crippen LogP contribution in [0.15, 0.2) is 66.7 Å². The molecule has 0 saturated carbocycles. The van der Waals surface area contributed by atoms with Crippen LogP contribution in [-0.4, -0.2) is 12.6 Å². The lowest BCUT2D eigenvalue weighted by Gasteiger charge is -2.21. The maximum atomic E-state index is 13.5. The highest BCUT2D eigenvalue weighted by Crippen LogP contribution is 2.48. The second-order valence-electron chi connectivity index (χ2n) is 12.2. The van der Waals surface area contributed by atoms with Gasteiger partial charge in [0.05, 0.1) is 12.2 Å². The lowest BCUT2D eigenvalue weighted by Crippen LogP contribution is -2.08. The Balaban J connectivity index is 1.08. The molecule has 0 amide bonds. The zero-order chi connectivity index (χ0) is 27.8. The van der Waals surface area contributed by atoms with Gasteiger partial charge < -0.3 is 4.74 Å². The van der Waals surface area contributed by atoms with Crippen LogP contribution in [0.5, 0.6) is 0 Å². The third kappa shape index (κ3) is 4.62. The molecule has 2 heteroatoms. The SMILES string of the molecule is CCCCCCCCCCCCCCOC(=O)c1cc2ccc3ccc4ccc5ccc6ccc1c1c6c5c4c3c21. The molecule has 0 aromatic heterocycles. The van der Waals surface area contributed by atoms with E-state index in [1.165, 1.54) is 118 Å². The highest BCUT2D eigenvalue weighted by molar-refractivity contribution is 6.45. The average molecular weight is 541 g/mol. The summed E-state index contributed by atoms with van der Waals surface area (Å²) in [7, 11) is 0. The molecule has 7 aromatic carbocycles. The Kier molecular flexibility index (Phi) is 7.25. The van der Waals surface area contributed by atoms with Crippen molar-refractivity contribution >= 4 is 70.6 Å². The van der Waals surface area contributed by atoms with E-state index in [1.807, 2.05) is 0 Å². The number of hydrogen-bond acceptors (Lipinski definition) is 2. The van der Waals surface area contributed by atoms with Crippen LogP contribution in [0.1, 0.15) is 94.3 Å². The fraction of sp³-hybridized carbons (Fsp3) is 0.359. The van der Waals surface area contributed by atoms with Crippen molar-refractivity contribution in [2.75, 3.05) is 6.61 Å². The van der Waals surface area contributed by atoms with Gasteiger partial charge in [-0.2, -0.15) is 0 Å². The minimum atomic E-state index is -0.196. The zero-order valence-electron chi connectivity index (χ0n) is 24.4. The van der Waals surface area contributed by atoms with Crippen LogP contribution in [0, 0.1) is 0 Å². The first-order valence-electron chi connectivity index (χ1n) is 16.0. The maximum Gasteiger partial charge on any atom is 0.338 e. The van der Waals surface area contributed by atoms with E-state index in [0.717, 1.165) is 23.6 Å². The van der Waals surface area contributed by atoms with Crippen LogP contribution in [0.2, 0.25) is 0 Å². The van der Waals surface area contributed by atoms with Gasteiger partial charge in [0.1, 0.15) is 0 Å². The number of esters is 1. The van der Waals surface area contributed by atoms with Crippen molar-refractivity contribution in [2.45, 2.75) is 84.0 Å². The second kappa shape index (κ2) is 11.3. The predicted octanol–water partition coefficient (Wildman–Crippen LogP) is 11.8. The molecule has 0 radical (unpaired) electrons. The summed E-state index contributed by atoms with van der Waals surface area (Å²) in [5.74, 6) is -0.196. The molecule has 0 aliphatic carbocycles. The lowest BCUT2D eigenvalue weighted by molar-refractivity contribution is 0.0500. The Bertz CT molecular complexity index is 1870. The fourth-order valence-corrected chi connectivity index (χ4v) is 7.34. The van der Waals surface area contributed by atoms with Gasteiger partial charge >= 0.3 is 5.97 Å². The number of carbonyl (C=O) groups excluding carboxylic acids is 1. The van der Waals surface area contributed by atoms with Crippen molar-refractivity contribution in [2.24, 2.45) is 0 Å². The second-order valence-corrected chi connectivity index (χ2v) is 12.2. The summed E-state index contributed by atoms with van der Waals surface area (Å²) in [6.07, 6.45) is 15.6. The number of unbranched alkanes of at least 4 members (excludes halogenated alkanes) is 11. The molecule has 0 N–H and O–H groups in total. The summed E-state index contributed by atoms with van der Waals surface area (Å²) in [5.41, 5.74) is 0.691. The number of ether oxygens (including phenoxy) is 1. The fourth-order valence-electron chi connectivity index (χ4n) is 7.34. The zero-order valence-corrected chi connectivity index (χ0v) is 24.4. The van der Waals surface area contributed by atoms with Crippen LogP contribution in [0.3, 0.4) is 0 Å². The maximum absolute atomic E-state index is 13.5. The minimum Gasteiger partial charge on any atom is -0.462 e. The van der Waals surface area contributed by atoms with Crippen LogP contribution in [0.4, 0.5) is 0 Å². The van der Waals surface area contributed by atoms with E-state index in [1.54, 1.807) is 0 Å². The van der Waals surface area contributed by atoms with E-state index >= 15 is 0 Å². The van der Waals surface area contributed by atoms with E-state index < -0.39 is 0 Å². The van der Waals surface area contributed by atoms with Gasteiger partial charge in [-0.1, -0.05) is 138 Å². The molecule has 0 fully saturated rings. The first-order chi connectivity index (χ1) is 20.3. The molecule has 0 heterocycles. The van der Waals surface area contributed by atoms with Crippen LogP contribution >= 0.6 is 0 Å². The third-order valence-electron chi connectivity index (χ3n) is 9.45. The van der Waals surface area contributed by atoms with Crippen molar-refractivity contribution in [3.05, 3.63) is 72.3 Å². The van der Waals surface area contributed by atoms with Crippen molar-refractivity contribution < 1.29 is 9.53 Å². The van der Waals surface area contributed by atoms with Crippen molar-refractivity contribution in [3.8, 4) is 0 Å². The Labute approximate surface area is 242 Å². The predicted molar refractivity (Wildman–Crippen MR) is 176 cm³/mol. The van der Waals surface area contributed by atoms with E-state index in [4.69, 9.17) is 4.74 Å². The van der Waals surface area contributed by atoms with Gasteiger partial charge in [0.2, 0.25) is 0 Å². The van der Waals surface area contributed by atoms with Crippen LogP contribution in [-0.2, 0) is 4.74 Å². The first-order valence-corrected chi connectivity index (χ1v) is 16.0. The molecule has 7 aromatic rings. The van der Waals surface area contributed by atoms with E-state index in [-0.39, 0.29) is 5.97 Å². The molecule has 0 bridgehead atoms. The van der Waals surface area contributed by atoms with Gasteiger partial charge in [0, 0.05) is 0 Å². The van der Waals surface area contributed by atoms with Gasteiger partial charge in [0.15, 0.2) is 0 Å². The molecular formula is C39H40O2. The number of benzene rings is 7. The molecular weight excluding hydrogens is 500 g/mol. The number of carbonyl (C=O) groups is 1.